The van der Waals surface area contributed by atoms with Crippen molar-refractivity contribution in [1.82, 2.24) is 0 Å². The van der Waals surface area contributed by atoms with Crippen LogP contribution in [-0.2, 0) is 4.79 Å². The first-order valence-corrected chi connectivity index (χ1v) is 11.2. The highest BCUT2D eigenvalue weighted by Gasteiger charge is 2.62. The number of nitrogens with zero attached hydrogens (tertiary/aromatic N) is 1. The summed E-state index contributed by atoms with van der Waals surface area (Å²) < 4.78 is 0. The maximum atomic E-state index is 12.1. The average molecular weight is 404 g/mol. The number of carbonyl (C=O) groups is 1. The molecule has 0 aliphatic heterocycles. The number of carbonyl (C=O) groups excluding carboxylic acids is 1. The second kappa shape index (κ2) is 6.82. The van der Waals surface area contributed by atoms with Gasteiger partial charge in [0.05, 0.1) is 18.1 Å². The number of ketones is 1. The molecule has 4 heteroatoms. The van der Waals surface area contributed by atoms with Gasteiger partial charge in [0.2, 0.25) is 0 Å². The maximum Gasteiger partial charge on any atom is 0.137 e. The first kappa shape index (κ1) is 19.6. The predicted molar refractivity (Wildman–Crippen MR) is 114 cm³/mol. The van der Waals surface area contributed by atoms with Crippen LogP contribution < -0.4 is 0 Å². The van der Waals surface area contributed by atoms with E-state index in [-0.39, 0.29) is 23.5 Å². The maximum absolute atomic E-state index is 12.1. The van der Waals surface area contributed by atoms with E-state index < -0.39 is 5.60 Å². The van der Waals surface area contributed by atoms with Gasteiger partial charge < -0.3 is 10.2 Å². The Kier molecular flexibility index (Phi) is 4.45. The van der Waals surface area contributed by atoms with Gasteiger partial charge in [0.1, 0.15) is 11.5 Å². The molecule has 5 atom stereocenters. The van der Waals surface area contributed by atoms with Crippen molar-refractivity contribution in [1.29, 1.82) is 5.26 Å². The number of phenols is 1. The minimum Gasteiger partial charge on any atom is -0.508 e. The number of Topliss-reactive ketones (excluding diaryl/α,β-unsaturated/α-hetero) is 1. The largest absolute Gasteiger partial charge is 0.508 e. The van der Waals surface area contributed by atoms with Crippen LogP contribution >= 0.6 is 0 Å². The number of allylic oxidation sites excluding steroid dienone is 4. The molecule has 0 spiro atoms. The molecule has 4 aliphatic rings. The Bertz CT molecular complexity index is 998. The van der Waals surface area contributed by atoms with Crippen molar-refractivity contribution < 1.29 is 15.0 Å². The van der Waals surface area contributed by atoms with E-state index >= 15 is 0 Å². The Morgan fingerprint density at radius 3 is 2.73 bits per heavy atom. The number of hydrogen-bond acceptors (Lipinski definition) is 4. The van der Waals surface area contributed by atoms with Gasteiger partial charge in [0.25, 0.3) is 0 Å². The molecule has 5 rings (SSSR count). The lowest BCUT2D eigenvalue weighted by molar-refractivity contribution is -0.118. The van der Waals surface area contributed by atoms with Gasteiger partial charge in [-0.2, -0.15) is 5.26 Å². The molecule has 156 valence electrons. The van der Waals surface area contributed by atoms with E-state index in [2.05, 4.69) is 19.1 Å². The Morgan fingerprint density at radius 2 is 2.00 bits per heavy atom. The second-order valence-electron chi connectivity index (χ2n) is 10.00. The fraction of sp³-hybridized carbons (Fsp3) is 0.538. The quantitative estimate of drug-likeness (QED) is 0.733. The summed E-state index contributed by atoms with van der Waals surface area (Å²) >= 11 is 0. The molecule has 1 aromatic rings. The molecule has 0 amide bonds. The zero-order valence-corrected chi connectivity index (χ0v) is 17.5. The van der Waals surface area contributed by atoms with Gasteiger partial charge in [-0.3, -0.25) is 4.79 Å². The van der Waals surface area contributed by atoms with Crippen molar-refractivity contribution in [3.8, 4) is 11.8 Å². The standard InChI is InChI=1S/C26H29NO3/c1-25-15-22(16-2-5-18(28)6-3-16)24-20-9-7-19(29)14-17(20)4-8-21(24)23(25)10-11-26(25,30)12-13-27/h2-6,21-23,28,30H,7-12,14-15H2,1H3/t21-,22+,23-,25-,26+/m0/s1. The lowest BCUT2D eigenvalue weighted by atomic mass is 9.51. The number of aromatic hydroxyl groups is 1. The molecular formula is C26H29NO3. The third-order valence-corrected chi connectivity index (χ3v) is 8.70. The number of aliphatic hydroxyl groups is 1. The molecule has 4 nitrogen and oxygen atoms in total. The fourth-order valence-electron chi connectivity index (χ4n) is 7.12. The third-order valence-electron chi connectivity index (χ3n) is 8.70. The summed E-state index contributed by atoms with van der Waals surface area (Å²) in [6.45, 7) is 2.19. The number of phenolic OH excluding ortho intramolecular Hbond substituents is 1. The molecule has 0 bridgehead atoms. The number of benzene rings is 1. The summed E-state index contributed by atoms with van der Waals surface area (Å²) in [5.41, 5.74) is 3.94. The Labute approximate surface area is 177 Å². The summed E-state index contributed by atoms with van der Waals surface area (Å²) in [5, 5.41) is 30.8. The summed E-state index contributed by atoms with van der Waals surface area (Å²) in [6, 6.07) is 9.73. The molecule has 2 N–H and O–H groups in total. The van der Waals surface area contributed by atoms with Gasteiger partial charge in [0, 0.05) is 24.2 Å². The zero-order valence-electron chi connectivity index (χ0n) is 17.5. The van der Waals surface area contributed by atoms with Crippen molar-refractivity contribution in [3.63, 3.8) is 0 Å². The van der Waals surface area contributed by atoms with Gasteiger partial charge in [-0.15, -0.1) is 0 Å². The van der Waals surface area contributed by atoms with E-state index in [1.807, 2.05) is 12.1 Å². The van der Waals surface area contributed by atoms with E-state index in [9.17, 15) is 20.3 Å². The molecule has 1 aromatic carbocycles. The lowest BCUT2D eigenvalue weighted by Gasteiger charge is -2.54. The van der Waals surface area contributed by atoms with Crippen LogP contribution in [0.1, 0.15) is 69.8 Å². The van der Waals surface area contributed by atoms with E-state index in [0.29, 0.717) is 36.9 Å². The molecule has 0 unspecified atom stereocenters. The Morgan fingerprint density at radius 1 is 1.23 bits per heavy atom. The highest BCUT2D eigenvalue weighted by Crippen LogP contribution is 2.67. The number of fused-ring (bicyclic) bond motifs is 4. The highest BCUT2D eigenvalue weighted by atomic mass is 16.3. The van der Waals surface area contributed by atoms with E-state index in [1.165, 1.54) is 16.7 Å². The summed E-state index contributed by atoms with van der Waals surface area (Å²) in [5.74, 6) is 1.42. The van der Waals surface area contributed by atoms with Crippen LogP contribution in [0.4, 0.5) is 0 Å². The summed E-state index contributed by atoms with van der Waals surface area (Å²) in [7, 11) is 0. The lowest BCUT2D eigenvalue weighted by Crippen LogP contribution is -2.51. The van der Waals surface area contributed by atoms with Gasteiger partial charge in [-0.25, -0.2) is 0 Å². The highest BCUT2D eigenvalue weighted by molar-refractivity contribution is 5.84. The molecule has 4 aliphatic carbocycles. The Balaban J connectivity index is 1.66. The van der Waals surface area contributed by atoms with Gasteiger partial charge >= 0.3 is 0 Å². The van der Waals surface area contributed by atoms with Crippen molar-refractivity contribution in [3.05, 3.63) is 52.6 Å². The van der Waals surface area contributed by atoms with Crippen molar-refractivity contribution in [2.75, 3.05) is 0 Å². The van der Waals surface area contributed by atoms with E-state index in [4.69, 9.17) is 0 Å². The monoisotopic (exact) mass is 403 g/mol. The van der Waals surface area contributed by atoms with Crippen LogP contribution in [0.25, 0.3) is 0 Å². The molecular weight excluding hydrogens is 374 g/mol. The second-order valence-corrected chi connectivity index (χ2v) is 10.00. The van der Waals surface area contributed by atoms with Crippen LogP contribution in [0, 0.1) is 28.6 Å². The minimum atomic E-state index is -0.954. The van der Waals surface area contributed by atoms with E-state index in [0.717, 1.165) is 31.2 Å². The summed E-state index contributed by atoms with van der Waals surface area (Å²) in [6.07, 6.45) is 7.78. The molecule has 0 saturated heterocycles. The SMILES string of the molecule is C[C@]12C[C@H](c3ccc(O)cc3)C3=C4CCC(=O)CC4=CC[C@H]3[C@@H]1CC[C@@]2(O)CC#N. The first-order valence-electron chi connectivity index (χ1n) is 11.2. The van der Waals surface area contributed by atoms with Crippen LogP contribution in [0.3, 0.4) is 0 Å². The predicted octanol–water partition coefficient (Wildman–Crippen LogP) is 4.94. The van der Waals surface area contributed by atoms with Crippen molar-refractivity contribution in [2.45, 2.75) is 69.8 Å². The van der Waals surface area contributed by atoms with Crippen LogP contribution in [0.15, 0.2) is 47.1 Å². The van der Waals surface area contributed by atoms with Crippen LogP contribution in [0.5, 0.6) is 5.75 Å². The molecule has 0 heterocycles. The summed E-state index contributed by atoms with van der Waals surface area (Å²) in [4.78, 5) is 12.1. The molecule has 30 heavy (non-hydrogen) atoms. The van der Waals surface area contributed by atoms with Crippen LogP contribution in [0.2, 0.25) is 0 Å². The minimum absolute atomic E-state index is 0.145. The number of rotatable bonds is 2. The molecule has 3 saturated carbocycles. The fourth-order valence-corrected chi connectivity index (χ4v) is 7.12. The average Bonchev–Trinajstić information content (AvgIpc) is 2.98. The van der Waals surface area contributed by atoms with Crippen molar-refractivity contribution >= 4 is 5.78 Å². The smallest absolute Gasteiger partial charge is 0.137 e. The zero-order chi connectivity index (χ0) is 21.1. The Hall–Kier alpha value is -2.38. The van der Waals surface area contributed by atoms with Crippen LogP contribution in [-0.4, -0.2) is 21.6 Å². The van der Waals surface area contributed by atoms with E-state index in [1.54, 1.807) is 12.1 Å². The third kappa shape index (κ3) is 2.72. The normalized spacial score (nSPS) is 37.7. The number of nitriles is 1. The molecule has 0 radical (unpaired) electrons. The molecule has 3 fully saturated rings. The van der Waals surface area contributed by atoms with Gasteiger partial charge in [-0.05, 0) is 72.8 Å². The van der Waals surface area contributed by atoms with Crippen molar-refractivity contribution in [2.24, 2.45) is 17.3 Å². The number of hydrogen-bond donors (Lipinski definition) is 2. The molecule has 0 aromatic heterocycles. The first-order chi connectivity index (χ1) is 14.4. The topological polar surface area (TPSA) is 81.3 Å². The van der Waals surface area contributed by atoms with Gasteiger partial charge in [0.15, 0.2) is 0 Å². The van der Waals surface area contributed by atoms with Gasteiger partial charge in [-0.1, -0.05) is 30.7 Å².